The highest BCUT2D eigenvalue weighted by Gasteiger charge is 2.30. The van der Waals surface area contributed by atoms with Crippen LogP contribution in [0.15, 0.2) is 0 Å². The maximum atomic E-state index is 5.97. The van der Waals surface area contributed by atoms with E-state index in [2.05, 4.69) is 6.92 Å². The molecule has 2 rings (SSSR count). The summed E-state index contributed by atoms with van der Waals surface area (Å²) in [4.78, 5) is 0. The van der Waals surface area contributed by atoms with Gasteiger partial charge in [-0.25, -0.2) is 0 Å². The maximum Gasteiger partial charge on any atom is 0.0251 e. The number of alkyl halides is 1. The van der Waals surface area contributed by atoms with Crippen molar-refractivity contribution in [3.63, 3.8) is 0 Å². The molecular weight excluding hydrogens is 228 g/mol. The number of hydrogen-bond acceptors (Lipinski definition) is 0. The third-order valence-corrected chi connectivity index (χ3v) is 5.80. The molecule has 0 aromatic rings. The van der Waals surface area contributed by atoms with Crippen molar-refractivity contribution in [2.45, 2.75) is 71.1 Å². The molecule has 0 spiro atoms. The normalized spacial score (nSPS) is 39.2. The van der Waals surface area contributed by atoms with E-state index in [0.717, 1.165) is 29.6 Å². The molecule has 2 saturated carbocycles. The van der Waals surface area contributed by atoms with Crippen molar-refractivity contribution in [3.05, 3.63) is 0 Å². The van der Waals surface area contributed by atoms with E-state index in [9.17, 15) is 0 Å². The second kappa shape index (κ2) is 7.02. The molecule has 0 bridgehead atoms. The highest BCUT2D eigenvalue weighted by atomic mass is 35.5. The molecular formula is C16H29Cl. The Bertz CT molecular complexity index is 198. The minimum Gasteiger partial charge on any atom is -0.126 e. The lowest BCUT2D eigenvalue weighted by Crippen LogP contribution is -2.26. The van der Waals surface area contributed by atoms with E-state index >= 15 is 0 Å². The van der Waals surface area contributed by atoms with Gasteiger partial charge in [0.2, 0.25) is 0 Å². The average molecular weight is 257 g/mol. The molecule has 0 unspecified atom stereocenters. The largest absolute Gasteiger partial charge is 0.126 e. The zero-order chi connectivity index (χ0) is 12.1. The molecule has 0 atom stereocenters. The Morgan fingerprint density at radius 1 is 0.765 bits per heavy atom. The first-order valence-electron chi connectivity index (χ1n) is 7.89. The molecule has 2 aliphatic carbocycles. The highest BCUT2D eigenvalue weighted by molar-refractivity contribution is 6.18. The summed E-state index contributed by atoms with van der Waals surface area (Å²) in [6, 6.07) is 0. The van der Waals surface area contributed by atoms with Crippen molar-refractivity contribution < 1.29 is 0 Å². The van der Waals surface area contributed by atoms with Gasteiger partial charge in [-0.2, -0.15) is 0 Å². The second-order valence-electron chi connectivity index (χ2n) is 6.50. The minimum atomic E-state index is 0.837. The summed E-state index contributed by atoms with van der Waals surface area (Å²) >= 11 is 5.97. The van der Waals surface area contributed by atoms with Gasteiger partial charge in [-0.15, -0.1) is 11.6 Å². The predicted octanol–water partition coefficient (Wildman–Crippen LogP) is 5.64. The van der Waals surface area contributed by atoms with Crippen LogP contribution in [0.2, 0.25) is 0 Å². The van der Waals surface area contributed by atoms with E-state index in [-0.39, 0.29) is 0 Å². The minimum absolute atomic E-state index is 0.837. The standard InChI is InChI=1S/C16H29Cl/c1-2-3-13-4-8-15(9-5-13)16-10-6-14(12-17)7-11-16/h13-16H,2-12H2,1H3. The molecule has 0 amide bonds. The van der Waals surface area contributed by atoms with E-state index < -0.39 is 0 Å². The van der Waals surface area contributed by atoms with Gasteiger partial charge in [0.15, 0.2) is 0 Å². The van der Waals surface area contributed by atoms with Crippen LogP contribution < -0.4 is 0 Å². The van der Waals surface area contributed by atoms with Crippen molar-refractivity contribution in [1.29, 1.82) is 0 Å². The molecule has 0 aromatic carbocycles. The molecule has 0 radical (unpaired) electrons. The van der Waals surface area contributed by atoms with Gasteiger partial charge in [0.25, 0.3) is 0 Å². The Morgan fingerprint density at radius 2 is 1.24 bits per heavy atom. The third-order valence-electron chi connectivity index (χ3n) is 5.36. The predicted molar refractivity (Wildman–Crippen MR) is 76.5 cm³/mol. The van der Waals surface area contributed by atoms with E-state index in [0.29, 0.717) is 0 Å². The zero-order valence-electron chi connectivity index (χ0n) is 11.5. The van der Waals surface area contributed by atoms with Gasteiger partial charge in [0.05, 0.1) is 0 Å². The van der Waals surface area contributed by atoms with Crippen molar-refractivity contribution in [2.75, 3.05) is 5.88 Å². The van der Waals surface area contributed by atoms with Crippen LogP contribution in [0.1, 0.15) is 71.1 Å². The average Bonchev–Trinajstić information content (AvgIpc) is 2.40. The summed E-state index contributed by atoms with van der Waals surface area (Å²) in [5, 5.41) is 0. The second-order valence-corrected chi connectivity index (χ2v) is 6.81. The fraction of sp³-hybridized carbons (Fsp3) is 1.00. The van der Waals surface area contributed by atoms with Gasteiger partial charge in [-0.3, -0.25) is 0 Å². The molecule has 100 valence electrons. The topological polar surface area (TPSA) is 0 Å². The summed E-state index contributed by atoms with van der Waals surface area (Å²) in [6.45, 7) is 2.33. The van der Waals surface area contributed by atoms with Crippen LogP contribution in [-0.4, -0.2) is 5.88 Å². The maximum absolute atomic E-state index is 5.97. The lowest BCUT2D eigenvalue weighted by molar-refractivity contribution is 0.148. The Morgan fingerprint density at radius 3 is 1.65 bits per heavy atom. The van der Waals surface area contributed by atoms with Crippen LogP contribution in [0.4, 0.5) is 0 Å². The molecule has 0 saturated heterocycles. The molecule has 0 nitrogen and oxygen atoms in total. The Balaban J connectivity index is 1.70. The third kappa shape index (κ3) is 3.88. The first-order chi connectivity index (χ1) is 8.33. The van der Waals surface area contributed by atoms with E-state index in [1.54, 1.807) is 0 Å². The Hall–Kier alpha value is 0.290. The summed E-state index contributed by atoms with van der Waals surface area (Å²) in [5.41, 5.74) is 0. The Labute approximate surface area is 113 Å². The van der Waals surface area contributed by atoms with Crippen molar-refractivity contribution in [1.82, 2.24) is 0 Å². The monoisotopic (exact) mass is 256 g/mol. The Kier molecular flexibility index (Phi) is 5.66. The molecule has 0 aliphatic heterocycles. The van der Waals surface area contributed by atoms with Gasteiger partial charge in [-0.1, -0.05) is 32.6 Å². The summed E-state index contributed by atoms with van der Waals surface area (Å²) in [5.74, 6) is 4.92. The van der Waals surface area contributed by atoms with Crippen molar-refractivity contribution >= 4 is 11.6 Å². The van der Waals surface area contributed by atoms with E-state index in [1.165, 1.54) is 64.2 Å². The number of rotatable bonds is 4. The van der Waals surface area contributed by atoms with Crippen LogP contribution in [0, 0.1) is 23.7 Å². The van der Waals surface area contributed by atoms with Gasteiger partial charge in [-0.05, 0) is 62.2 Å². The number of halogens is 1. The first-order valence-corrected chi connectivity index (χ1v) is 8.42. The van der Waals surface area contributed by atoms with Crippen molar-refractivity contribution in [3.8, 4) is 0 Å². The lowest BCUT2D eigenvalue weighted by atomic mass is 9.69. The smallest absolute Gasteiger partial charge is 0.0251 e. The molecule has 17 heavy (non-hydrogen) atoms. The molecule has 2 aliphatic rings. The van der Waals surface area contributed by atoms with Crippen molar-refractivity contribution in [2.24, 2.45) is 23.7 Å². The molecule has 0 aromatic heterocycles. The summed E-state index contributed by atoms with van der Waals surface area (Å²) in [6.07, 6.45) is 14.7. The first kappa shape index (κ1) is 13.7. The van der Waals surface area contributed by atoms with E-state index in [1.807, 2.05) is 0 Å². The quantitative estimate of drug-likeness (QED) is 0.571. The fourth-order valence-electron chi connectivity index (χ4n) is 4.17. The highest BCUT2D eigenvalue weighted by Crippen LogP contribution is 2.42. The SMILES string of the molecule is CCCC1CCC(C2CCC(CCl)CC2)CC1. The van der Waals surface area contributed by atoms with Gasteiger partial charge in [0.1, 0.15) is 0 Å². The summed E-state index contributed by atoms with van der Waals surface area (Å²) < 4.78 is 0. The van der Waals surface area contributed by atoms with Crippen LogP contribution in [0.3, 0.4) is 0 Å². The van der Waals surface area contributed by atoms with Crippen LogP contribution in [0.5, 0.6) is 0 Å². The molecule has 0 heterocycles. The fourth-order valence-corrected chi connectivity index (χ4v) is 4.48. The van der Waals surface area contributed by atoms with Gasteiger partial charge in [0, 0.05) is 5.88 Å². The lowest BCUT2D eigenvalue weighted by Gasteiger charge is -2.37. The molecule has 1 heteroatoms. The van der Waals surface area contributed by atoms with Crippen LogP contribution in [0.25, 0.3) is 0 Å². The number of hydrogen-bond donors (Lipinski definition) is 0. The van der Waals surface area contributed by atoms with E-state index in [4.69, 9.17) is 11.6 Å². The van der Waals surface area contributed by atoms with Gasteiger partial charge >= 0.3 is 0 Å². The molecule has 2 fully saturated rings. The van der Waals surface area contributed by atoms with Crippen LogP contribution >= 0.6 is 11.6 Å². The molecule has 0 N–H and O–H groups in total. The zero-order valence-corrected chi connectivity index (χ0v) is 12.2. The summed E-state index contributed by atoms with van der Waals surface area (Å²) in [7, 11) is 0. The van der Waals surface area contributed by atoms with Gasteiger partial charge < -0.3 is 0 Å². The van der Waals surface area contributed by atoms with Crippen LogP contribution in [-0.2, 0) is 0 Å².